The minimum Gasteiger partial charge on any atom is -0.394 e. The number of nitro benzene ring substituents is 1. The molecule has 0 aliphatic carbocycles. The van der Waals surface area contributed by atoms with Gasteiger partial charge in [0.1, 0.15) is 6.10 Å². The Balaban J connectivity index is 2.09. The molecule has 0 saturated carbocycles. The molecule has 18 heavy (non-hydrogen) atoms. The number of rotatable bonds is 4. The summed E-state index contributed by atoms with van der Waals surface area (Å²) in [5.41, 5.74) is 0.640. The lowest BCUT2D eigenvalue weighted by Gasteiger charge is -2.12. The summed E-state index contributed by atoms with van der Waals surface area (Å²) in [4.78, 5) is 10.4. The van der Waals surface area contributed by atoms with Crippen LogP contribution in [0.4, 0.5) is 5.69 Å². The van der Waals surface area contributed by atoms with E-state index in [1.54, 1.807) is 18.2 Å². The van der Waals surface area contributed by atoms with Gasteiger partial charge in [-0.1, -0.05) is 18.2 Å². The fourth-order valence-corrected chi connectivity index (χ4v) is 2.22. The number of benzene rings is 1. The van der Waals surface area contributed by atoms with Gasteiger partial charge in [-0.15, -0.1) is 0 Å². The van der Waals surface area contributed by atoms with Crippen molar-refractivity contribution in [3.8, 4) is 0 Å². The van der Waals surface area contributed by atoms with E-state index in [2.05, 4.69) is 0 Å². The Hall–Kier alpha value is -1.50. The molecule has 98 valence electrons. The highest BCUT2D eigenvalue weighted by Crippen LogP contribution is 2.26. The van der Waals surface area contributed by atoms with Crippen molar-refractivity contribution in [2.45, 2.75) is 31.2 Å². The van der Waals surface area contributed by atoms with Crippen LogP contribution >= 0.6 is 0 Å². The minimum atomic E-state index is -0.706. The van der Waals surface area contributed by atoms with Gasteiger partial charge < -0.3 is 14.9 Å². The highest BCUT2D eigenvalue weighted by atomic mass is 16.6. The molecule has 1 aliphatic heterocycles. The topological polar surface area (TPSA) is 92.8 Å². The number of hydrogen-bond acceptors (Lipinski definition) is 5. The lowest BCUT2D eigenvalue weighted by molar-refractivity contribution is -0.385. The van der Waals surface area contributed by atoms with Gasteiger partial charge in [0.25, 0.3) is 5.69 Å². The van der Waals surface area contributed by atoms with E-state index < -0.39 is 17.1 Å². The molecule has 1 fully saturated rings. The number of nitro groups is 1. The number of para-hydroxylation sites is 1. The first-order valence-corrected chi connectivity index (χ1v) is 5.78. The highest BCUT2D eigenvalue weighted by molar-refractivity contribution is 5.40. The number of nitrogens with zero attached hydrogens (tertiary/aromatic N) is 1. The molecule has 6 nitrogen and oxygen atoms in total. The highest BCUT2D eigenvalue weighted by Gasteiger charge is 2.34. The Bertz CT molecular complexity index is 436. The molecule has 6 heteroatoms. The lowest BCUT2D eigenvalue weighted by Crippen LogP contribution is -2.24. The van der Waals surface area contributed by atoms with Crippen LogP contribution in [0.15, 0.2) is 24.3 Å². The van der Waals surface area contributed by atoms with Crippen LogP contribution in [0, 0.1) is 10.1 Å². The van der Waals surface area contributed by atoms with Gasteiger partial charge in [0.05, 0.1) is 23.7 Å². The second kappa shape index (κ2) is 5.43. The average Bonchev–Trinajstić information content (AvgIpc) is 2.70. The summed E-state index contributed by atoms with van der Waals surface area (Å²) in [6, 6.07) is 6.48. The Labute approximate surface area is 104 Å². The summed E-state index contributed by atoms with van der Waals surface area (Å²) in [7, 11) is 0. The number of aliphatic hydroxyl groups is 2. The Morgan fingerprint density at radius 2 is 2.17 bits per heavy atom. The van der Waals surface area contributed by atoms with Crippen LogP contribution < -0.4 is 0 Å². The van der Waals surface area contributed by atoms with E-state index in [0.29, 0.717) is 18.4 Å². The number of hydrogen-bond donors (Lipinski definition) is 2. The van der Waals surface area contributed by atoms with Gasteiger partial charge in [0, 0.05) is 24.5 Å². The van der Waals surface area contributed by atoms with E-state index in [1.807, 2.05) is 0 Å². The monoisotopic (exact) mass is 253 g/mol. The molecule has 1 aromatic rings. The second-order valence-corrected chi connectivity index (χ2v) is 4.37. The normalized spacial score (nSPS) is 27.3. The zero-order chi connectivity index (χ0) is 13.1. The van der Waals surface area contributed by atoms with Gasteiger partial charge in [-0.05, 0) is 0 Å². The van der Waals surface area contributed by atoms with Crippen molar-refractivity contribution >= 4 is 5.69 Å². The molecule has 0 radical (unpaired) electrons. The van der Waals surface area contributed by atoms with Crippen LogP contribution in [-0.4, -0.2) is 40.1 Å². The molecular weight excluding hydrogens is 238 g/mol. The molecule has 0 amide bonds. The molecule has 2 N–H and O–H groups in total. The first-order chi connectivity index (χ1) is 8.61. The zero-order valence-electron chi connectivity index (χ0n) is 9.73. The number of ether oxygens (including phenoxy) is 1. The van der Waals surface area contributed by atoms with Crippen molar-refractivity contribution < 1.29 is 19.9 Å². The molecule has 1 saturated heterocycles. The zero-order valence-corrected chi connectivity index (χ0v) is 9.73. The van der Waals surface area contributed by atoms with Crippen LogP contribution in [0.5, 0.6) is 0 Å². The minimum absolute atomic E-state index is 0.0584. The first kappa shape index (κ1) is 12.9. The van der Waals surface area contributed by atoms with Crippen molar-refractivity contribution in [3.05, 3.63) is 39.9 Å². The second-order valence-electron chi connectivity index (χ2n) is 4.37. The van der Waals surface area contributed by atoms with Gasteiger partial charge in [0.2, 0.25) is 0 Å². The predicted molar refractivity (Wildman–Crippen MR) is 63.2 cm³/mol. The van der Waals surface area contributed by atoms with Gasteiger partial charge in [-0.25, -0.2) is 0 Å². The van der Waals surface area contributed by atoms with Crippen LogP contribution in [0.3, 0.4) is 0 Å². The van der Waals surface area contributed by atoms with Crippen molar-refractivity contribution in [2.24, 2.45) is 0 Å². The molecule has 2 rings (SSSR count). The molecular formula is C12H15NO5. The van der Waals surface area contributed by atoms with Crippen LogP contribution in [0.25, 0.3) is 0 Å². The maximum Gasteiger partial charge on any atom is 0.272 e. The third kappa shape index (κ3) is 2.66. The van der Waals surface area contributed by atoms with E-state index in [4.69, 9.17) is 9.84 Å². The van der Waals surface area contributed by atoms with Gasteiger partial charge in [0.15, 0.2) is 0 Å². The molecule has 1 aromatic carbocycles. The first-order valence-electron chi connectivity index (χ1n) is 5.78. The smallest absolute Gasteiger partial charge is 0.272 e. The standard InChI is InChI=1S/C12H15NO5/c14-7-12-11(15)6-9(18-12)5-8-3-1-2-4-10(8)13(16)17/h1-4,9,11-12,14-15H,5-7H2/t9?,11-,12+/m0/s1. The van der Waals surface area contributed by atoms with Crippen LogP contribution in [-0.2, 0) is 11.2 Å². The molecule has 0 spiro atoms. The van der Waals surface area contributed by atoms with E-state index >= 15 is 0 Å². The summed E-state index contributed by atoms with van der Waals surface area (Å²) in [5.74, 6) is 0. The summed E-state index contributed by atoms with van der Waals surface area (Å²) in [5, 5.41) is 29.4. The van der Waals surface area contributed by atoms with Crippen molar-refractivity contribution in [1.29, 1.82) is 0 Å². The van der Waals surface area contributed by atoms with E-state index in [-0.39, 0.29) is 18.4 Å². The Kier molecular flexibility index (Phi) is 3.90. The molecule has 0 bridgehead atoms. The van der Waals surface area contributed by atoms with Crippen LogP contribution in [0.2, 0.25) is 0 Å². The Morgan fingerprint density at radius 1 is 1.44 bits per heavy atom. The third-order valence-electron chi connectivity index (χ3n) is 3.12. The average molecular weight is 253 g/mol. The van der Waals surface area contributed by atoms with Gasteiger partial charge >= 0.3 is 0 Å². The quantitative estimate of drug-likeness (QED) is 0.607. The lowest BCUT2D eigenvalue weighted by atomic mass is 10.0. The third-order valence-corrected chi connectivity index (χ3v) is 3.12. The maximum atomic E-state index is 10.9. The molecule has 1 unspecified atom stereocenters. The SMILES string of the molecule is O=[N+]([O-])c1ccccc1CC1C[C@H](O)[C@@H](CO)O1. The van der Waals surface area contributed by atoms with Crippen LogP contribution in [0.1, 0.15) is 12.0 Å². The van der Waals surface area contributed by atoms with Gasteiger partial charge in [-0.2, -0.15) is 0 Å². The summed E-state index contributed by atoms with van der Waals surface area (Å²) < 4.78 is 5.44. The summed E-state index contributed by atoms with van der Waals surface area (Å²) >= 11 is 0. The van der Waals surface area contributed by atoms with E-state index in [1.165, 1.54) is 6.07 Å². The summed E-state index contributed by atoms with van der Waals surface area (Å²) in [6.07, 6.45) is -0.832. The molecule has 0 aromatic heterocycles. The van der Waals surface area contributed by atoms with Crippen molar-refractivity contribution in [1.82, 2.24) is 0 Å². The van der Waals surface area contributed by atoms with Crippen molar-refractivity contribution in [3.63, 3.8) is 0 Å². The molecule has 3 atom stereocenters. The van der Waals surface area contributed by atoms with E-state index in [0.717, 1.165) is 0 Å². The number of aliphatic hydroxyl groups excluding tert-OH is 2. The van der Waals surface area contributed by atoms with E-state index in [9.17, 15) is 15.2 Å². The van der Waals surface area contributed by atoms with Gasteiger partial charge in [-0.3, -0.25) is 10.1 Å². The van der Waals surface area contributed by atoms with Crippen molar-refractivity contribution in [2.75, 3.05) is 6.61 Å². The maximum absolute atomic E-state index is 10.9. The fourth-order valence-electron chi connectivity index (χ4n) is 2.22. The largest absolute Gasteiger partial charge is 0.394 e. The summed E-state index contributed by atoms with van der Waals surface area (Å²) in [6.45, 7) is -0.242. The Morgan fingerprint density at radius 3 is 2.78 bits per heavy atom. The predicted octanol–water partition coefficient (Wildman–Crippen LogP) is 0.648. The molecule has 1 heterocycles. The molecule has 1 aliphatic rings. The fraction of sp³-hybridized carbons (Fsp3) is 0.500.